The number of hydrogen-bond donors (Lipinski definition) is 2. The third-order valence-electron chi connectivity index (χ3n) is 1.56. The normalized spacial score (nSPS) is 16.8. The number of aliphatic hydroxyl groups excluding tert-OH is 2. The van der Waals surface area contributed by atoms with E-state index in [-0.39, 0.29) is 12.7 Å². The third-order valence-corrected chi connectivity index (χ3v) is 1.56. The zero-order valence-corrected chi connectivity index (χ0v) is 6.58. The Morgan fingerprint density at radius 2 is 2.10 bits per heavy atom. The van der Waals surface area contributed by atoms with Crippen molar-refractivity contribution in [2.45, 2.75) is 32.0 Å². The maximum absolute atomic E-state index is 9.22. The number of hydrogen-bond acceptors (Lipinski definition) is 3. The van der Waals surface area contributed by atoms with Crippen LogP contribution in [0.1, 0.15) is 19.8 Å². The molecule has 62 valence electrons. The smallest absolute Gasteiger partial charge is 0.0828 e. The minimum Gasteiger partial charge on any atom is -0.396 e. The molecule has 0 aliphatic carbocycles. The van der Waals surface area contributed by atoms with Gasteiger partial charge in [0.25, 0.3) is 0 Å². The molecule has 0 amide bonds. The van der Waals surface area contributed by atoms with Gasteiger partial charge in [-0.1, -0.05) is 6.92 Å². The number of methoxy groups -OCH3 is 1. The average molecular weight is 148 g/mol. The summed E-state index contributed by atoms with van der Waals surface area (Å²) >= 11 is 0. The molecule has 0 aromatic rings. The first-order valence-corrected chi connectivity index (χ1v) is 3.58. The Kier molecular flexibility index (Phi) is 5.58. The van der Waals surface area contributed by atoms with E-state index in [9.17, 15) is 5.11 Å². The van der Waals surface area contributed by atoms with Crippen LogP contribution >= 0.6 is 0 Å². The summed E-state index contributed by atoms with van der Waals surface area (Å²) < 4.78 is 4.95. The van der Waals surface area contributed by atoms with Gasteiger partial charge >= 0.3 is 0 Å². The van der Waals surface area contributed by atoms with E-state index in [4.69, 9.17) is 9.84 Å². The SMILES string of the molecule is CCC(OC)C(O)CCO. The first-order chi connectivity index (χ1) is 4.76. The molecule has 3 nitrogen and oxygen atoms in total. The molecule has 2 atom stereocenters. The summed E-state index contributed by atoms with van der Waals surface area (Å²) in [4.78, 5) is 0. The molecule has 3 heteroatoms. The van der Waals surface area contributed by atoms with Gasteiger partial charge in [-0.05, 0) is 12.8 Å². The molecule has 2 unspecified atom stereocenters. The monoisotopic (exact) mass is 148 g/mol. The van der Waals surface area contributed by atoms with Crippen molar-refractivity contribution < 1.29 is 14.9 Å². The Labute approximate surface area is 61.6 Å². The molecule has 0 aromatic carbocycles. The van der Waals surface area contributed by atoms with Crippen molar-refractivity contribution in [1.29, 1.82) is 0 Å². The molecule has 0 aromatic heterocycles. The van der Waals surface area contributed by atoms with Crippen LogP contribution in [0.25, 0.3) is 0 Å². The van der Waals surface area contributed by atoms with Crippen LogP contribution in [-0.2, 0) is 4.74 Å². The van der Waals surface area contributed by atoms with Gasteiger partial charge in [0.05, 0.1) is 12.2 Å². The Balaban J connectivity index is 3.53. The van der Waals surface area contributed by atoms with Gasteiger partial charge in [-0.3, -0.25) is 0 Å². The minimum atomic E-state index is -0.528. The van der Waals surface area contributed by atoms with E-state index in [0.717, 1.165) is 6.42 Å². The van der Waals surface area contributed by atoms with Gasteiger partial charge in [-0.2, -0.15) is 0 Å². The molecule has 0 saturated carbocycles. The quantitative estimate of drug-likeness (QED) is 0.583. The molecule has 0 aliphatic rings. The van der Waals surface area contributed by atoms with Crippen LogP contribution in [-0.4, -0.2) is 36.1 Å². The lowest BCUT2D eigenvalue weighted by molar-refractivity contribution is -0.0236. The van der Waals surface area contributed by atoms with Crippen molar-refractivity contribution in [2.24, 2.45) is 0 Å². The highest BCUT2D eigenvalue weighted by Crippen LogP contribution is 2.05. The molecule has 0 spiro atoms. The summed E-state index contributed by atoms with van der Waals surface area (Å²) in [7, 11) is 1.56. The summed E-state index contributed by atoms with van der Waals surface area (Å²) in [6.45, 7) is 1.95. The van der Waals surface area contributed by atoms with E-state index >= 15 is 0 Å². The molecule has 0 saturated heterocycles. The topological polar surface area (TPSA) is 49.7 Å². The fraction of sp³-hybridized carbons (Fsp3) is 1.00. The second kappa shape index (κ2) is 5.65. The lowest BCUT2D eigenvalue weighted by Crippen LogP contribution is -2.27. The van der Waals surface area contributed by atoms with Crippen molar-refractivity contribution >= 4 is 0 Å². The molecule has 0 aliphatic heterocycles. The zero-order valence-electron chi connectivity index (χ0n) is 6.58. The second-order valence-corrected chi connectivity index (χ2v) is 2.26. The summed E-state index contributed by atoms with van der Waals surface area (Å²) in [5, 5.41) is 17.7. The van der Waals surface area contributed by atoms with Crippen molar-refractivity contribution in [3.8, 4) is 0 Å². The van der Waals surface area contributed by atoms with Gasteiger partial charge in [0.2, 0.25) is 0 Å². The summed E-state index contributed by atoms with van der Waals surface area (Å²) in [5.41, 5.74) is 0. The maximum atomic E-state index is 9.22. The highest BCUT2D eigenvalue weighted by molar-refractivity contribution is 4.65. The number of rotatable bonds is 5. The third kappa shape index (κ3) is 3.15. The predicted octanol–water partition coefficient (Wildman–Crippen LogP) is 0.155. The van der Waals surface area contributed by atoms with E-state index in [1.165, 1.54) is 0 Å². The molecule has 0 radical (unpaired) electrons. The second-order valence-electron chi connectivity index (χ2n) is 2.26. The fourth-order valence-electron chi connectivity index (χ4n) is 0.914. The average Bonchev–Trinajstić information content (AvgIpc) is 1.91. The van der Waals surface area contributed by atoms with Gasteiger partial charge in [0, 0.05) is 13.7 Å². The fourth-order valence-corrected chi connectivity index (χ4v) is 0.914. The first kappa shape index (κ1) is 9.88. The van der Waals surface area contributed by atoms with Gasteiger partial charge in [-0.25, -0.2) is 0 Å². The van der Waals surface area contributed by atoms with E-state index in [1.807, 2.05) is 6.92 Å². The number of aliphatic hydroxyl groups is 2. The molecule has 0 heterocycles. The lowest BCUT2D eigenvalue weighted by atomic mass is 10.1. The van der Waals surface area contributed by atoms with Crippen LogP contribution in [0.2, 0.25) is 0 Å². The molecule has 10 heavy (non-hydrogen) atoms. The van der Waals surface area contributed by atoms with E-state index in [0.29, 0.717) is 6.42 Å². The molecule has 0 rings (SSSR count). The van der Waals surface area contributed by atoms with E-state index in [2.05, 4.69) is 0 Å². The molecular formula is C7H16O3. The van der Waals surface area contributed by atoms with Crippen molar-refractivity contribution in [1.82, 2.24) is 0 Å². The van der Waals surface area contributed by atoms with Crippen LogP contribution in [0.5, 0.6) is 0 Å². The van der Waals surface area contributed by atoms with Gasteiger partial charge in [0.1, 0.15) is 0 Å². The Morgan fingerprint density at radius 1 is 1.50 bits per heavy atom. The van der Waals surface area contributed by atoms with Crippen LogP contribution in [0.15, 0.2) is 0 Å². The van der Waals surface area contributed by atoms with Crippen molar-refractivity contribution in [2.75, 3.05) is 13.7 Å². The lowest BCUT2D eigenvalue weighted by Gasteiger charge is -2.18. The predicted molar refractivity (Wildman–Crippen MR) is 38.8 cm³/mol. The van der Waals surface area contributed by atoms with Gasteiger partial charge < -0.3 is 14.9 Å². The number of ether oxygens (including phenoxy) is 1. The molecular weight excluding hydrogens is 132 g/mol. The summed E-state index contributed by atoms with van der Waals surface area (Å²) in [5.74, 6) is 0. The maximum Gasteiger partial charge on any atom is 0.0828 e. The van der Waals surface area contributed by atoms with Gasteiger partial charge in [0.15, 0.2) is 0 Å². The molecule has 0 fully saturated rings. The molecule has 2 N–H and O–H groups in total. The highest BCUT2D eigenvalue weighted by Gasteiger charge is 2.14. The largest absolute Gasteiger partial charge is 0.396 e. The van der Waals surface area contributed by atoms with Crippen LogP contribution in [0, 0.1) is 0 Å². The van der Waals surface area contributed by atoms with Crippen molar-refractivity contribution in [3.05, 3.63) is 0 Å². The minimum absolute atomic E-state index is 0.0149. The van der Waals surface area contributed by atoms with Crippen molar-refractivity contribution in [3.63, 3.8) is 0 Å². The Morgan fingerprint density at radius 3 is 2.40 bits per heavy atom. The van der Waals surface area contributed by atoms with E-state index in [1.54, 1.807) is 7.11 Å². The van der Waals surface area contributed by atoms with Crippen LogP contribution in [0.4, 0.5) is 0 Å². The first-order valence-electron chi connectivity index (χ1n) is 3.58. The van der Waals surface area contributed by atoms with Gasteiger partial charge in [-0.15, -0.1) is 0 Å². The molecule has 0 bridgehead atoms. The summed E-state index contributed by atoms with van der Waals surface area (Å²) in [6, 6.07) is 0. The Hall–Kier alpha value is -0.120. The van der Waals surface area contributed by atoms with Crippen LogP contribution < -0.4 is 0 Å². The van der Waals surface area contributed by atoms with Crippen LogP contribution in [0.3, 0.4) is 0 Å². The van der Waals surface area contributed by atoms with E-state index < -0.39 is 6.10 Å². The summed E-state index contributed by atoms with van der Waals surface area (Å²) in [6.07, 6.45) is 0.511. The Bertz CT molecular complexity index is 71.3. The zero-order chi connectivity index (χ0) is 7.98. The highest BCUT2D eigenvalue weighted by atomic mass is 16.5. The standard InChI is InChI=1S/C7H16O3/c1-3-7(10-2)6(9)4-5-8/h6-9H,3-5H2,1-2H3.